The summed E-state index contributed by atoms with van der Waals surface area (Å²) in [5, 5.41) is 1.04. The Kier molecular flexibility index (Phi) is 2.79. The third-order valence-electron chi connectivity index (χ3n) is 3.62. The van der Waals surface area contributed by atoms with Gasteiger partial charge in [0.05, 0.1) is 13.4 Å². The Balaban J connectivity index is 2.11. The second-order valence-corrected chi connectivity index (χ2v) is 6.82. The maximum atomic E-state index is 11.7. The van der Waals surface area contributed by atoms with E-state index in [0.29, 0.717) is 13.1 Å². The van der Waals surface area contributed by atoms with Crippen LogP contribution in [0.5, 0.6) is 5.75 Å². The van der Waals surface area contributed by atoms with E-state index in [2.05, 4.69) is 4.98 Å². The van der Waals surface area contributed by atoms with Crippen molar-refractivity contribution in [2.45, 2.75) is 13.0 Å². The standard InChI is InChI=1S/C13H16N2O3S/c1-18-9-3-4-12-10(7-9)11-8-15(19(2,16)17)6-5-13(11)14-12/h3-4,7,14H,5-6,8H2,1-2H3. The van der Waals surface area contributed by atoms with Crippen LogP contribution in [0.2, 0.25) is 0 Å². The lowest BCUT2D eigenvalue weighted by molar-refractivity contribution is 0.394. The van der Waals surface area contributed by atoms with Gasteiger partial charge in [0.2, 0.25) is 10.0 Å². The van der Waals surface area contributed by atoms with Crippen LogP contribution in [0.3, 0.4) is 0 Å². The highest BCUT2D eigenvalue weighted by Crippen LogP contribution is 2.31. The summed E-state index contributed by atoms with van der Waals surface area (Å²) < 4.78 is 30.1. The first kappa shape index (κ1) is 12.5. The zero-order valence-corrected chi connectivity index (χ0v) is 11.8. The average molecular weight is 280 g/mol. The number of ether oxygens (including phenoxy) is 1. The minimum atomic E-state index is -3.14. The van der Waals surface area contributed by atoms with E-state index in [-0.39, 0.29) is 0 Å². The number of H-pyrrole nitrogens is 1. The Morgan fingerprint density at radius 3 is 2.84 bits per heavy atom. The van der Waals surface area contributed by atoms with Gasteiger partial charge in [0, 0.05) is 36.1 Å². The van der Waals surface area contributed by atoms with E-state index in [9.17, 15) is 8.42 Å². The largest absolute Gasteiger partial charge is 0.497 e. The van der Waals surface area contributed by atoms with Crippen LogP contribution in [0.25, 0.3) is 10.9 Å². The van der Waals surface area contributed by atoms with Crippen molar-refractivity contribution >= 4 is 20.9 Å². The van der Waals surface area contributed by atoms with Crippen molar-refractivity contribution in [3.8, 4) is 5.75 Å². The van der Waals surface area contributed by atoms with Crippen LogP contribution < -0.4 is 4.74 Å². The fraction of sp³-hybridized carbons (Fsp3) is 0.385. The number of nitrogens with one attached hydrogen (secondary N) is 1. The van der Waals surface area contributed by atoms with Crippen LogP contribution in [-0.2, 0) is 23.0 Å². The van der Waals surface area contributed by atoms with Crippen LogP contribution in [0.1, 0.15) is 11.3 Å². The molecule has 1 aromatic heterocycles. The Bertz CT molecular complexity index is 734. The van der Waals surface area contributed by atoms with Gasteiger partial charge in [0.25, 0.3) is 0 Å². The molecule has 102 valence electrons. The maximum Gasteiger partial charge on any atom is 0.211 e. The Hall–Kier alpha value is -1.53. The van der Waals surface area contributed by atoms with E-state index >= 15 is 0 Å². The normalized spacial score (nSPS) is 16.5. The molecule has 0 spiro atoms. The van der Waals surface area contributed by atoms with E-state index in [1.54, 1.807) is 7.11 Å². The van der Waals surface area contributed by atoms with E-state index in [1.165, 1.54) is 10.6 Å². The molecule has 0 aliphatic carbocycles. The quantitative estimate of drug-likeness (QED) is 0.906. The topological polar surface area (TPSA) is 62.4 Å². The summed E-state index contributed by atoms with van der Waals surface area (Å²) in [6.45, 7) is 0.969. The fourth-order valence-corrected chi connectivity index (χ4v) is 3.37. The van der Waals surface area contributed by atoms with Gasteiger partial charge in [-0.1, -0.05) is 0 Å². The van der Waals surface area contributed by atoms with Crippen molar-refractivity contribution in [2.24, 2.45) is 0 Å². The van der Waals surface area contributed by atoms with Gasteiger partial charge < -0.3 is 9.72 Å². The molecule has 3 rings (SSSR count). The van der Waals surface area contributed by atoms with Crippen molar-refractivity contribution in [2.75, 3.05) is 19.9 Å². The number of aromatic amines is 1. The summed E-state index contributed by atoms with van der Waals surface area (Å²) in [6.07, 6.45) is 1.98. The molecule has 0 atom stereocenters. The van der Waals surface area contributed by atoms with E-state index in [4.69, 9.17) is 4.74 Å². The highest BCUT2D eigenvalue weighted by Gasteiger charge is 2.26. The molecule has 0 bridgehead atoms. The van der Waals surface area contributed by atoms with Crippen molar-refractivity contribution < 1.29 is 13.2 Å². The van der Waals surface area contributed by atoms with E-state index < -0.39 is 10.0 Å². The van der Waals surface area contributed by atoms with Crippen molar-refractivity contribution in [3.05, 3.63) is 29.5 Å². The lowest BCUT2D eigenvalue weighted by atomic mass is 10.1. The molecule has 0 saturated heterocycles. The first-order valence-electron chi connectivity index (χ1n) is 6.11. The van der Waals surface area contributed by atoms with Gasteiger partial charge in [0.15, 0.2) is 0 Å². The molecule has 19 heavy (non-hydrogen) atoms. The number of fused-ring (bicyclic) bond motifs is 3. The van der Waals surface area contributed by atoms with Gasteiger partial charge in [-0.15, -0.1) is 0 Å². The molecule has 0 unspecified atom stereocenters. The van der Waals surface area contributed by atoms with Crippen LogP contribution >= 0.6 is 0 Å². The summed E-state index contributed by atoms with van der Waals surface area (Å²) in [5.41, 5.74) is 3.22. The minimum absolute atomic E-state index is 0.432. The number of aromatic nitrogens is 1. The molecule has 5 nitrogen and oxygen atoms in total. The molecular weight excluding hydrogens is 264 g/mol. The number of hydrogen-bond acceptors (Lipinski definition) is 3. The number of methoxy groups -OCH3 is 1. The van der Waals surface area contributed by atoms with Gasteiger partial charge in [-0.05, 0) is 23.8 Å². The van der Waals surface area contributed by atoms with Gasteiger partial charge >= 0.3 is 0 Å². The zero-order valence-electron chi connectivity index (χ0n) is 10.9. The second-order valence-electron chi connectivity index (χ2n) is 4.84. The lowest BCUT2D eigenvalue weighted by Gasteiger charge is -2.24. The van der Waals surface area contributed by atoms with Crippen LogP contribution in [-0.4, -0.2) is 37.6 Å². The van der Waals surface area contributed by atoms with E-state index in [1.807, 2.05) is 18.2 Å². The number of nitrogens with zero attached hydrogens (tertiary/aromatic N) is 1. The number of hydrogen-bond donors (Lipinski definition) is 1. The lowest BCUT2D eigenvalue weighted by Crippen LogP contribution is -2.34. The third kappa shape index (κ3) is 2.11. The molecule has 0 amide bonds. The summed E-state index contributed by atoms with van der Waals surface area (Å²) >= 11 is 0. The van der Waals surface area contributed by atoms with Gasteiger partial charge in [-0.2, -0.15) is 4.31 Å². The SMILES string of the molecule is COc1ccc2[nH]c3c(c2c1)CN(S(C)(=O)=O)CC3. The molecule has 1 N–H and O–H groups in total. The highest BCUT2D eigenvalue weighted by atomic mass is 32.2. The number of benzene rings is 1. The minimum Gasteiger partial charge on any atom is -0.497 e. The molecular formula is C13H16N2O3S. The summed E-state index contributed by atoms with van der Waals surface area (Å²) in [6, 6.07) is 5.83. The number of rotatable bonds is 2. The van der Waals surface area contributed by atoms with Crippen LogP contribution in [0, 0.1) is 0 Å². The molecule has 2 aromatic rings. The van der Waals surface area contributed by atoms with Crippen molar-refractivity contribution in [3.63, 3.8) is 0 Å². The van der Waals surface area contributed by atoms with Crippen LogP contribution in [0.15, 0.2) is 18.2 Å². The Morgan fingerprint density at radius 2 is 2.16 bits per heavy atom. The van der Waals surface area contributed by atoms with Gasteiger partial charge in [-0.25, -0.2) is 8.42 Å². The molecule has 2 heterocycles. The van der Waals surface area contributed by atoms with Crippen molar-refractivity contribution in [1.29, 1.82) is 0 Å². The van der Waals surface area contributed by atoms with Crippen LogP contribution in [0.4, 0.5) is 0 Å². The molecule has 1 aromatic carbocycles. The van der Waals surface area contributed by atoms with Gasteiger partial charge in [-0.3, -0.25) is 0 Å². The van der Waals surface area contributed by atoms with E-state index in [0.717, 1.165) is 34.3 Å². The third-order valence-corrected chi connectivity index (χ3v) is 4.87. The smallest absolute Gasteiger partial charge is 0.211 e. The molecule has 0 radical (unpaired) electrons. The predicted octanol–water partition coefficient (Wildman–Crippen LogP) is 1.49. The molecule has 1 aliphatic rings. The molecule has 1 aliphatic heterocycles. The predicted molar refractivity (Wildman–Crippen MR) is 73.8 cm³/mol. The Labute approximate surface area is 112 Å². The average Bonchev–Trinajstić information content (AvgIpc) is 2.74. The molecule has 0 saturated carbocycles. The Morgan fingerprint density at radius 1 is 1.37 bits per heavy atom. The zero-order chi connectivity index (χ0) is 13.6. The highest BCUT2D eigenvalue weighted by molar-refractivity contribution is 7.88. The summed E-state index contributed by atoms with van der Waals surface area (Å²) in [5.74, 6) is 0.783. The maximum absolute atomic E-state index is 11.7. The monoisotopic (exact) mass is 280 g/mol. The summed E-state index contributed by atoms with van der Waals surface area (Å²) in [7, 11) is -1.51. The summed E-state index contributed by atoms with van der Waals surface area (Å²) in [4.78, 5) is 3.36. The number of sulfonamides is 1. The first-order valence-corrected chi connectivity index (χ1v) is 7.96. The van der Waals surface area contributed by atoms with Gasteiger partial charge in [0.1, 0.15) is 5.75 Å². The second kappa shape index (κ2) is 4.25. The van der Waals surface area contributed by atoms with Crippen molar-refractivity contribution in [1.82, 2.24) is 9.29 Å². The first-order chi connectivity index (χ1) is 8.99. The molecule has 0 fully saturated rings. The fourth-order valence-electron chi connectivity index (χ4n) is 2.58. The molecule has 6 heteroatoms.